The first-order valence-electron chi connectivity index (χ1n) is 5.72. The molecule has 1 fully saturated rings. The lowest BCUT2D eigenvalue weighted by atomic mass is 10.2. The van der Waals surface area contributed by atoms with Crippen LogP contribution in [0.3, 0.4) is 0 Å². The van der Waals surface area contributed by atoms with Crippen LogP contribution in [0.25, 0.3) is 0 Å². The summed E-state index contributed by atoms with van der Waals surface area (Å²) in [6, 6.07) is 0. The van der Waals surface area contributed by atoms with Crippen LogP contribution in [0.1, 0.15) is 27.2 Å². The molecule has 0 spiro atoms. The molecule has 5 heteroatoms. The third-order valence-corrected chi connectivity index (χ3v) is 2.26. The molecule has 1 rings (SSSR count). The van der Waals surface area contributed by atoms with Crippen molar-refractivity contribution in [1.29, 1.82) is 0 Å². The summed E-state index contributed by atoms with van der Waals surface area (Å²) >= 11 is 0. The summed E-state index contributed by atoms with van der Waals surface area (Å²) < 4.78 is 10.8. The number of carbonyl (C=O) groups is 1. The Bertz CT molecular complexity index is 238. The van der Waals surface area contributed by atoms with E-state index in [0.717, 1.165) is 6.42 Å². The van der Waals surface area contributed by atoms with E-state index in [0.29, 0.717) is 26.2 Å². The lowest BCUT2D eigenvalue weighted by Crippen LogP contribution is -2.42. The number of rotatable bonds is 1. The van der Waals surface area contributed by atoms with Crippen LogP contribution in [0.5, 0.6) is 0 Å². The molecule has 0 aliphatic carbocycles. The molecule has 0 radical (unpaired) electrons. The predicted molar refractivity (Wildman–Crippen MR) is 61.2 cm³/mol. The second-order valence-corrected chi connectivity index (χ2v) is 5.01. The highest BCUT2D eigenvalue weighted by Gasteiger charge is 2.25. The molecule has 94 valence electrons. The van der Waals surface area contributed by atoms with Crippen LogP contribution in [-0.4, -0.2) is 48.9 Å². The summed E-state index contributed by atoms with van der Waals surface area (Å²) in [5.41, 5.74) is 5.10. The Morgan fingerprint density at radius 2 is 2.25 bits per heavy atom. The van der Waals surface area contributed by atoms with Crippen molar-refractivity contribution in [3.05, 3.63) is 0 Å². The van der Waals surface area contributed by atoms with Crippen LogP contribution in [0.2, 0.25) is 0 Å². The monoisotopic (exact) mass is 230 g/mol. The summed E-state index contributed by atoms with van der Waals surface area (Å²) in [4.78, 5) is 13.5. The van der Waals surface area contributed by atoms with Gasteiger partial charge in [0.2, 0.25) is 0 Å². The lowest BCUT2D eigenvalue weighted by Gasteiger charge is -2.27. The van der Waals surface area contributed by atoms with Crippen LogP contribution in [0.15, 0.2) is 0 Å². The topological polar surface area (TPSA) is 64.8 Å². The molecule has 0 unspecified atom stereocenters. The fourth-order valence-electron chi connectivity index (χ4n) is 1.53. The van der Waals surface area contributed by atoms with Crippen LogP contribution in [-0.2, 0) is 9.47 Å². The first kappa shape index (κ1) is 13.3. The first-order valence-corrected chi connectivity index (χ1v) is 5.72. The SMILES string of the molecule is CC(C)(C)OC(=O)N1CCCO[C@@H](CN)C1. The normalized spacial score (nSPS) is 22.8. The van der Waals surface area contributed by atoms with Crippen molar-refractivity contribution in [3.63, 3.8) is 0 Å². The van der Waals surface area contributed by atoms with Crippen LogP contribution >= 0.6 is 0 Å². The van der Waals surface area contributed by atoms with Gasteiger partial charge < -0.3 is 20.1 Å². The molecule has 1 aliphatic heterocycles. The Morgan fingerprint density at radius 3 is 2.81 bits per heavy atom. The Kier molecular flexibility index (Phi) is 4.56. The van der Waals surface area contributed by atoms with Crippen LogP contribution in [0.4, 0.5) is 4.79 Å². The molecule has 1 aliphatic rings. The lowest BCUT2D eigenvalue weighted by molar-refractivity contribution is 0.0159. The van der Waals surface area contributed by atoms with E-state index in [1.54, 1.807) is 4.90 Å². The third-order valence-electron chi connectivity index (χ3n) is 2.26. The van der Waals surface area contributed by atoms with Crippen molar-refractivity contribution < 1.29 is 14.3 Å². The molecule has 1 amide bonds. The molecule has 1 saturated heterocycles. The standard InChI is InChI=1S/C11H22N2O3/c1-11(2,3)16-10(14)13-5-4-6-15-9(7-12)8-13/h9H,4-8,12H2,1-3H3/t9-/m0/s1. The van der Waals surface area contributed by atoms with E-state index in [-0.39, 0.29) is 12.2 Å². The Morgan fingerprint density at radius 1 is 1.56 bits per heavy atom. The molecule has 0 bridgehead atoms. The van der Waals surface area contributed by atoms with E-state index in [1.165, 1.54) is 0 Å². The maximum absolute atomic E-state index is 11.8. The van der Waals surface area contributed by atoms with Crippen molar-refractivity contribution >= 4 is 6.09 Å². The smallest absolute Gasteiger partial charge is 0.410 e. The number of nitrogens with zero attached hydrogens (tertiary/aromatic N) is 1. The van der Waals surface area contributed by atoms with E-state index < -0.39 is 5.60 Å². The molecule has 16 heavy (non-hydrogen) atoms. The van der Waals surface area contributed by atoms with Crippen molar-refractivity contribution in [1.82, 2.24) is 4.90 Å². The van der Waals surface area contributed by atoms with E-state index in [4.69, 9.17) is 15.2 Å². The largest absolute Gasteiger partial charge is 0.444 e. The molecule has 1 atom stereocenters. The average Bonchev–Trinajstić information content (AvgIpc) is 2.39. The summed E-state index contributed by atoms with van der Waals surface area (Å²) in [6.45, 7) is 7.86. The van der Waals surface area contributed by atoms with Gasteiger partial charge in [0.25, 0.3) is 0 Å². The van der Waals surface area contributed by atoms with Gasteiger partial charge >= 0.3 is 6.09 Å². The third kappa shape index (κ3) is 4.37. The zero-order valence-corrected chi connectivity index (χ0v) is 10.4. The van der Waals surface area contributed by atoms with Crippen LogP contribution < -0.4 is 5.73 Å². The zero-order valence-electron chi connectivity index (χ0n) is 10.4. The van der Waals surface area contributed by atoms with Crippen LogP contribution in [0, 0.1) is 0 Å². The molecule has 0 aromatic heterocycles. The Hall–Kier alpha value is -0.810. The minimum Gasteiger partial charge on any atom is -0.444 e. The van der Waals surface area contributed by atoms with Gasteiger partial charge in [0, 0.05) is 19.7 Å². The number of hydrogen-bond donors (Lipinski definition) is 1. The maximum atomic E-state index is 11.8. The molecular weight excluding hydrogens is 208 g/mol. The zero-order chi connectivity index (χ0) is 12.2. The predicted octanol–water partition coefficient (Wildman–Crippen LogP) is 0.971. The van der Waals surface area contributed by atoms with E-state index >= 15 is 0 Å². The Balaban J connectivity index is 2.53. The second-order valence-electron chi connectivity index (χ2n) is 5.01. The van der Waals surface area contributed by atoms with Crippen molar-refractivity contribution in [2.75, 3.05) is 26.2 Å². The van der Waals surface area contributed by atoms with Gasteiger partial charge in [0.15, 0.2) is 0 Å². The van der Waals surface area contributed by atoms with Gasteiger partial charge in [-0.25, -0.2) is 4.79 Å². The molecule has 2 N–H and O–H groups in total. The maximum Gasteiger partial charge on any atom is 0.410 e. The van der Waals surface area contributed by atoms with Gasteiger partial charge in [-0.05, 0) is 27.2 Å². The van der Waals surface area contributed by atoms with Crippen molar-refractivity contribution in [2.24, 2.45) is 5.73 Å². The number of ether oxygens (including phenoxy) is 2. The first-order chi connectivity index (χ1) is 7.42. The van der Waals surface area contributed by atoms with Gasteiger partial charge in [-0.2, -0.15) is 0 Å². The van der Waals surface area contributed by atoms with Gasteiger partial charge in [0.05, 0.1) is 12.6 Å². The molecule has 0 saturated carbocycles. The highest BCUT2D eigenvalue weighted by Crippen LogP contribution is 2.12. The minimum absolute atomic E-state index is 0.0741. The molecule has 5 nitrogen and oxygen atoms in total. The highest BCUT2D eigenvalue weighted by atomic mass is 16.6. The van der Waals surface area contributed by atoms with E-state index in [2.05, 4.69) is 0 Å². The second kappa shape index (κ2) is 5.50. The van der Waals surface area contributed by atoms with E-state index in [9.17, 15) is 4.79 Å². The molecular formula is C11H22N2O3. The van der Waals surface area contributed by atoms with E-state index in [1.807, 2.05) is 20.8 Å². The number of hydrogen-bond acceptors (Lipinski definition) is 4. The minimum atomic E-state index is -0.456. The summed E-state index contributed by atoms with van der Waals surface area (Å²) in [6.07, 6.45) is 0.474. The number of carbonyl (C=O) groups excluding carboxylic acids is 1. The van der Waals surface area contributed by atoms with Gasteiger partial charge in [-0.1, -0.05) is 0 Å². The summed E-state index contributed by atoms with van der Waals surface area (Å²) in [5.74, 6) is 0. The van der Waals surface area contributed by atoms with Crippen molar-refractivity contribution in [2.45, 2.75) is 38.9 Å². The van der Waals surface area contributed by atoms with Gasteiger partial charge in [-0.15, -0.1) is 0 Å². The fraction of sp³-hybridized carbons (Fsp3) is 0.909. The molecule has 0 aromatic carbocycles. The fourth-order valence-corrected chi connectivity index (χ4v) is 1.53. The summed E-state index contributed by atoms with van der Waals surface area (Å²) in [7, 11) is 0. The molecule has 1 heterocycles. The summed E-state index contributed by atoms with van der Waals surface area (Å²) in [5, 5.41) is 0. The highest BCUT2D eigenvalue weighted by molar-refractivity contribution is 5.68. The number of nitrogens with two attached hydrogens (primary N) is 1. The number of amides is 1. The molecule has 0 aromatic rings. The van der Waals surface area contributed by atoms with Gasteiger partial charge in [-0.3, -0.25) is 0 Å². The van der Waals surface area contributed by atoms with Crippen molar-refractivity contribution in [3.8, 4) is 0 Å². The average molecular weight is 230 g/mol. The Labute approximate surface area is 96.9 Å². The van der Waals surface area contributed by atoms with Gasteiger partial charge in [0.1, 0.15) is 5.60 Å². The quantitative estimate of drug-likeness (QED) is 0.729.